The van der Waals surface area contributed by atoms with E-state index in [-0.39, 0.29) is 6.61 Å². The lowest BCUT2D eigenvalue weighted by Gasteiger charge is -2.04. The van der Waals surface area contributed by atoms with Crippen molar-refractivity contribution in [1.29, 1.82) is 0 Å². The van der Waals surface area contributed by atoms with Crippen LogP contribution in [-0.4, -0.2) is 20.1 Å². The van der Waals surface area contributed by atoms with Gasteiger partial charge in [0, 0.05) is 17.8 Å². The van der Waals surface area contributed by atoms with E-state index < -0.39 is 0 Å². The minimum Gasteiger partial charge on any atom is -0.390 e. The molecular weight excluding hydrogens is 222 g/mol. The van der Waals surface area contributed by atoms with Crippen LogP contribution in [0, 0.1) is 0 Å². The Hall–Kier alpha value is -1.20. The fraction of sp³-hybridized carbons (Fsp3) is 0.455. The molecule has 0 amide bonds. The van der Waals surface area contributed by atoms with Crippen molar-refractivity contribution < 1.29 is 5.11 Å². The van der Waals surface area contributed by atoms with Crippen LogP contribution in [-0.2, 0) is 19.6 Å². The first-order valence-corrected chi connectivity index (χ1v) is 6.27. The van der Waals surface area contributed by atoms with Crippen LogP contribution >= 0.6 is 11.3 Å². The molecule has 0 bridgehead atoms. The van der Waals surface area contributed by atoms with Crippen molar-refractivity contribution in [2.45, 2.75) is 32.9 Å². The van der Waals surface area contributed by atoms with Crippen molar-refractivity contribution in [2.24, 2.45) is 0 Å². The predicted octanol–water partition coefficient (Wildman–Crippen LogP) is 1.83. The highest BCUT2D eigenvalue weighted by Crippen LogP contribution is 2.17. The molecule has 0 aromatic carbocycles. The SMILES string of the molecule is CCCn1nnc(CO)c1Cc1cccs1. The molecule has 5 heteroatoms. The molecule has 16 heavy (non-hydrogen) atoms. The van der Waals surface area contributed by atoms with E-state index in [4.69, 9.17) is 0 Å². The topological polar surface area (TPSA) is 50.9 Å². The number of aryl methyl sites for hydroxylation is 1. The van der Waals surface area contributed by atoms with E-state index in [2.05, 4.69) is 28.7 Å². The van der Waals surface area contributed by atoms with Crippen molar-refractivity contribution in [3.05, 3.63) is 33.8 Å². The first-order chi connectivity index (χ1) is 7.85. The van der Waals surface area contributed by atoms with Gasteiger partial charge in [0.15, 0.2) is 0 Å². The van der Waals surface area contributed by atoms with Gasteiger partial charge in [0.25, 0.3) is 0 Å². The Balaban J connectivity index is 2.25. The van der Waals surface area contributed by atoms with Gasteiger partial charge in [-0.15, -0.1) is 16.4 Å². The van der Waals surface area contributed by atoms with Gasteiger partial charge < -0.3 is 5.11 Å². The summed E-state index contributed by atoms with van der Waals surface area (Å²) in [5.41, 5.74) is 1.73. The molecule has 0 atom stereocenters. The lowest BCUT2D eigenvalue weighted by molar-refractivity contribution is 0.275. The molecule has 86 valence electrons. The van der Waals surface area contributed by atoms with Crippen LogP contribution in [0.3, 0.4) is 0 Å². The fourth-order valence-corrected chi connectivity index (χ4v) is 2.36. The van der Waals surface area contributed by atoms with Crippen molar-refractivity contribution in [3.63, 3.8) is 0 Å². The van der Waals surface area contributed by atoms with E-state index in [1.165, 1.54) is 4.88 Å². The summed E-state index contributed by atoms with van der Waals surface area (Å²) in [6.45, 7) is 2.92. The quantitative estimate of drug-likeness (QED) is 0.863. The molecular formula is C11H15N3OS. The number of aliphatic hydroxyl groups excluding tert-OH is 1. The third kappa shape index (κ3) is 2.31. The van der Waals surface area contributed by atoms with Gasteiger partial charge >= 0.3 is 0 Å². The van der Waals surface area contributed by atoms with Crippen molar-refractivity contribution in [3.8, 4) is 0 Å². The number of hydrogen-bond acceptors (Lipinski definition) is 4. The van der Waals surface area contributed by atoms with Gasteiger partial charge in [0.1, 0.15) is 5.69 Å². The van der Waals surface area contributed by atoms with E-state index in [0.29, 0.717) is 5.69 Å². The standard InChI is InChI=1S/C11H15N3OS/c1-2-5-14-11(10(8-15)12-13-14)7-9-4-3-6-16-9/h3-4,6,15H,2,5,7-8H2,1H3. The molecule has 0 fully saturated rings. The van der Waals surface area contributed by atoms with Crippen LogP contribution in [0.4, 0.5) is 0 Å². The molecule has 2 aromatic heterocycles. The molecule has 0 aliphatic heterocycles. The van der Waals surface area contributed by atoms with Crippen LogP contribution in [0.2, 0.25) is 0 Å². The molecule has 2 rings (SSSR count). The largest absolute Gasteiger partial charge is 0.390 e. The average molecular weight is 237 g/mol. The smallest absolute Gasteiger partial charge is 0.112 e. The van der Waals surface area contributed by atoms with Crippen LogP contribution in [0.5, 0.6) is 0 Å². The van der Waals surface area contributed by atoms with Crippen LogP contribution in [0.1, 0.15) is 29.6 Å². The molecule has 0 radical (unpaired) electrons. The van der Waals surface area contributed by atoms with Crippen molar-refractivity contribution in [1.82, 2.24) is 15.0 Å². The Bertz CT molecular complexity index is 436. The van der Waals surface area contributed by atoms with E-state index in [0.717, 1.165) is 25.1 Å². The number of hydrogen-bond donors (Lipinski definition) is 1. The molecule has 0 unspecified atom stereocenters. The Kier molecular flexibility index (Phi) is 3.69. The lowest BCUT2D eigenvalue weighted by atomic mass is 10.2. The van der Waals surface area contributed by atoms with Gasteiger partial charge in [-0.3, -0.25) is 0 Å². The Morgan fingerprint density at radius 2 is 2.38 bits per heavy atom. The van der Waals surface area contributed by atoms with Crippen LogP contribution in [0.25, 0.3) is 0 Å². The second kappa shape index (κ2) is 5.23. The zero-order valence-corrected chi connectivity index (χ0v) is 10.1. The highest BCUT2D eigenvalue weighted by atomic mass is 32.1. The van der Waals surface area contributed by atoms with E-state index >= 15 is 0 Å². The zero-order chi connectivity index (χ0) is 11.4. The van der Waals surface area contributed by atoms with Crippen LogP contribution in [0.15, 0.2) is 17.5 Å². The predicted molar refractivity (Wildman–Crippen MR) is 63.4 cm³/mol. The Labute approximate surface area is 98.5 Å². The summed E-state index contributed by atoms with van der Waals surface area (Å²) in [6, 6.07) is 4.13. The molecule has 1 N–H and O–H groups in total. The number of aliphatic hydroxyl groups is 1. The summed E-state index contributed by atoms with van der Waals surface area (Å²) in [4.78, 5) is 1.27. The molecule has 2 aromatic rings. The fourth-order valence-electron chi connectivity index (χ4n) is 1.65. The van der Waals surface area contributed by atoms with Crippen LogP contribution < -0.4 is 0 Å². The van der Waals surface area contributed by atoms with Gasteiger partial charge in [0.2, 0.25) is 0 Å². The molecule has 4 nitrogen and oxygen atoms in total. The lowest BCUT2D eigenvalue weighted by Crippen LogP contribution is -2.06. The van der Waals surface area contributed by atoms with E-state index in [1.54, 1.807) is 11.3 Å². The Morgan fingerprint density at radius 1 is 1.50 bits per heavy atom. The van der Waals surface area contributed by atoms with Gasteiger partial charge in [-0.1, -0.05) is 18.2 Å². The van der Waals surface area contributed by atoms with Gasteiger partial charge in [0.05, 0.1) is 12.3 Å². The number of aromatic nitrogens is 3. The Morgan fingerprint density at radius 3 is 3.00 bits per heavy atom. The monoisotopic (exact) mass is 237 g/mol. The van der Waals surface area contributed by atoms with Gasteiger partial charge in [-0.25, -0.2) is 4.68 Å². The molecule has 0 aliphatic carbocycles. The maximum Gasteiger partial charge on any atom is 0.112 e. The molecule has 0 aliphatic rings. The molecule has 2 heterocycles. The summed E-state index contributed by atoms with van der Waals surface area (Å²) in [7, 11) is 0. The van der Waals surface area contributed by atoms with Gasteiger partial charge in [-0.2, -0.15) is 0 Å². The zero-order valence-electron chi connectivity index (χ0n) is 9.26. The maximum atomic E-state index is 9.22. The number of rotatable bonds is 5. The van der Waals surface area contributed by atoms with E-state index in [9.17, 15) is 5.11 Å². The highest BCUT2D eigenvalue weighted by Gasteiger charge is 2.12. The average Bonchev–Trinajstić information content (AvgIpc) is 2.91. The molecule has 0 saturated heterocycles. The first kappa shape index (κ1) is 11.3. The second-order valence-electron chi connectivity index (χ2n) is 3.62. The summed E-state index contributed by atoms with van der Waals surface area (Å²) in [5.74, 6) is 0. The number of thiophene rings is 1. The van der Waals surface area contributed by atoms with Crippen molar-refractivity contribution >= 4 is 11.3 Å². The molecule has 0 saturated carbocycles. The van der Waals surface area contributed by atoms with Gasteiger partial charge in [-0.05, 0) is 17.9 Å². The minimum atomic E-state index is -0.0373. The number of nitrogens with zero attached hydrogens (tertiary/aromatic N) is 3. The highest BCUT2D eigenvalue weighted by molar-refractivity contribution is 7.09. The van der Waals surface area contributed by atoms with E-state index in [1.807, 2.05) is 10.7 Å². The normalized spacial score (nSPS) is 10.9. The summed E-state index contributed by atoms with van der Waals surface area (Å²) in [6.07, 6.45) is 1.83. The second-order valence-corrected chi connectivity index (χ2v) is 4.65. The molecule has 0 spiro atoms. The van der Waals surface area contributed by atoms with Crippen molar-refractivity contribution in [2.75, 3.05) is 0 Å². The summed E-state index contributed by atoms with van der Waals surface area (Å²) in [5, 5.41) is 19.3. The third-order valence-electron chi connectivity index (χ3n) is 2.43. The first-order valence-electron chi connectivity index (χ1n) is 5.39. The summed E-state index contributed by atoms with van der Waals surface area (Å²) < 4.78 is 1.89. The third-order valence-corrected chi connectivity index (χ3v) is 3.30. The summed E-state index contributed by atoms with van der Waals surface area (Å²) >= 11 is 1.72. The maximum absolute atomic E-state index is 9.22. The minimum absolute atomic E-state index is 0.0373.